The minimum atomic E-state index is -0.854. The van der Waals surface area contributed by atoms with Crippen molar-refractivity contribution in [2.45, 2.75) is 24.6 Å². The minimum Gasteiger partial charge on any atom is -0.480 e. The molecule has 19 heavy (non-hydrogen) atoms. The Bertz CT molecular complexity index is 463. The van der Waals surface area contributed by atoms with Gasteiger partial charge in [0.25, 0.3) is 0 Å². The highest BCUT2D eigenvalue weighted by Crippen LogP contribution is 2.37. The standard InChI is InChI=1S/C14H17NO3S/c1-2-8-15-11(16)9-19-13(14(17)18)12(15)10-6-4-3-5-7-10/h3-7,12-13H,2,8-9H2,1H3,(H,17,18). The minimum absolute atomic E-state index is 0.0261. The second kappa shape index (κ2) is 6.10. The van der Waals surface area contributed by atoms with Gasteiger partial charge in [-0.15, -0.1) is 11.8 Å². The van der Waals surface area contributed by atoms with Gasteiger partial charge in [0.1, 0.15) is 5.25 Å². The lowest BCUT2D eigenvalue weighted by Crippen LogP contribution is -2.48. The molecule has 1 aliphatic heterocycles. The molecule has 5 heteroatoms. The molecule has 1 aromatic rings. The lowest BCUT2D eigenvalue weighted by molar-refractivity contribution is -0.140. The first-order valence-corrected chi connectivity index (χ1v) is 7.39. The highest BCUT2D eigenvalue weighted by Gasteiger charge is 2.40. The second-order valence-electron chi connectivity index (χ2n) is 4.51. The van der Waals surface area contributed by atoms with Crippen LogP contribution >= 0.6 is 11.8 Å². The molecule has 2 atom stereocenters. The summed E-state index contributed by atoms with van der Waals surface area (Å²) in [4.78, 5) is 25.2. The molecule has 1 amide bonds. The first kappa shape index (κ1) is 13.9. The highest BCUT2D eigenvalue weighted by atomic mass is 32.2. The molecule has 102 valence electrons. The summed E-state index contributed by atoms with van der Waals surface area (Å²) in [6, 6.07) is 9.06. The van der Waals surface area contributed by atoms with E-state index in [2.05, 4.69) is 0 Å². The van der Waals surface area contributed by atoms with Crippen molar-refractivity contribution in [2.75, 3.05) is 12.3 Å². The predicted octanol–water partition coefficient (Wildman–Crippen LogP) is 2.17. The average molecular weight is 279 g/mol. The van der Waals surface area contributed by atoms with Gasteiger partial charge in [-0.2, -0.15) is 0 Å². The third-order valence-electron chi connectivity index (χ3n) is 3.18. The van der Waals surface area contributed by atoms with E-state index in [9.17, 15) is 14.7 Å². The van der Waals surface area contributed by atoms with E-state index < -0.39 is 11.2 Å². The number of amides is 1. The van der Waals surface area contributed by atoms with Crippen LogP contribution in [0.25, 0.3) is 0 Å². The Hall–Kier alpha value is -1.49. The second-order valence-corrected chi connectivity index (χ2v) is 5.64. The van der Waals surface area contributed by atoms with E-state index in [1.165, 1.54) is 11.8 Å². The number of hydrogen-bond acceptors (Lipinski definition) is 3. The lowest BCUT2D eigenvalue weighted by atomic mass is 10.0. The van der Waals surface area contributed by atoms with Gasteiger partial charge in [-0.05, 0) is 12.0 Å². The third-order valence-corrected chi connectivity index (χ3v) is 4.41. The highest BCUT2D eigenvalue weighted by molar-refractivity contribution is 8.01. The topological polar surface area (TPSA) is 57.6 Å². The van der Waals surface area contributed by atoms with E-state index in [1.54, 1.807) is 4.90 Å². The van der Waals surface area contributed by atoms with Crippen LogP contribution in [-0.2, 0) is 9.59 Å². The van der Waals surface area contributed by atoms with Crippen LogP contribution in [0.2, 0.25) is 0 Å². The zero-order chi connectivity index (χ0) is 13.8. The number of thioether (sulfide) groups is 1. The zero-order valence-corrected chi connectivity index (χ0v) is 11.6. The molecule has 4 nitrogen and oxygen atoms in total. The molecule has 0 saturated carbocycles. The molecule has 0 radical (unpaired) electrons. The van der Waals surface area contributed by atoms with Gasteiger partial charge in [0, 0.05) is 6.54 Å². The van der Waals surface area contributed by atoms with Crippen molar-refractivity contribution >= 4 is 23.6 Å². The molecular weight excluding hydrogens is 262 g/mol. The number of benzene rings is 1. The van der Waals surface area contributed by atoms with Crippen molar-refractivity contribution in [3.05, 3.63) is 35.9 Å². The molecule has 1 fully saturated rings. The molecule has 1 N–H and O–H groups in total. The van der Waals surface area contributed by atoms with Gasteiger partial charge in [-0.3, -0.25) is 9.59 Å². The monoisotopic (exact) mass is 279 g/mol. The molecule has 0 bridgehead atoms. The van der Waals surface area contributed by atoms with Crippen molar-refractivity contribution in [1.29, 1.82) is 0 Å². The SMILES string of the molecule is CCCN1C(=O)CSC(C(=O)O)C1c1ccccc1. The van der Waals surface area contributed by atoms with Crippen molar-refractivity contribution in [3.63, 3.8) is 0 Å². The van der Waals surface area contributed by atoms with Gasteiger partial charge >= 0.3 is 5.97 Å². The lowest BCUT2D eigenvalue weighted by Gasteiger charge is -2.39. The average Bonchev–Trinajstić information content (AvgIpc) is 2.41. The summed E-state index contributed by atoms with van der Waals surface area (Å²) >= 11 is 1.22. The number of nitrogens with zero attached hydrogens (tertiary/aromatic N) is 1. The number of carbonyl (C=O) groups is 2. The maximum absolute atomic E-state index is 12.0. The Balaban J connectivity index is 2.38. The largest absolute Gasteiger partial charge is 0.480 e. The summed E-state index contributed by atoms with van der Waals surface area (Å²) in [5.41, 5.74) is 0.893. The number of carboxylic acid groups (broad SMARTS) is 1. The Morgan fingerprint density at radius 3 is 2.68 bits per heavy atom. The van der Waals surface area contributed by atoms with Crippen LogP contribution in [-0.4, -0.2) is 39.4 Å². The van der Waals surface area contributed by atoms with Crippen LogP contribution in [0, 0.1) is 0 Å². The molecule has 0 aromatic heterocycles. The van der Waals surface area contributed by atoms with Gasteiger partial charge in [0.05, 0.1) is 11.8 Å². The van der Waals surface area contributed by atoms with Crippen molar-refractivity contribution < 1.29 is 14.7 Å². The molecule has 1 heterocycles. The first-order valence-electron chi connectivity index (χ1n) is 6.34. The molecule has 2 rings (SSSR count). The van der Waals surface area contributed by atoms with E-state index >= 15 is 0 Å². The number of rotatable bonds is 4. The predicted molar refractivity (Wildman–Crippen MR) is 75.1 cm³/mol. The summed E-state index contributed by atoms with van der Waals surface area (Å²) in [5.74, 6) is -0.578. The van der Waals surface area contributed by atoms with Crippen LogP contribution in [0.3, 0.4) is 0 Å². The van der Waals surface area contributed by atoms with Crippen LogP contribution in [0.5, 0.6) is 0 Å². The van der Waals surface area contributed by atoms with Gasteiger partial charge < -0.3 is 10.0 Å². The molecule has 0 spiro atoms. The Kier molecular flexibility index (Phi) is 4.47. The fraction of sp³-hybridized carbons (Fsp3) is 0.429. The number of carboxylic acids is 1. The fourth-order valence-electron chi connectivity index (χ4n) is 2.37. The molecule has 1 aromatic carbocycles. The quantitative estimate of drug-likeness (QED) is 0.917. The van der Waals surface area contributed by atoms with E-state index in [1.807, 2.05) is 37.3 Å². The molecular formula is C14H17NO3S. The fourth-order valence-corrected chi connectivity index (χ4v) is 3.49. The molecule has 1 aliphatic rings. The maximum atomic E-state index is 12.0. The zero-order valence-electron chi connectivity index (χ0n) is 10.8. The summed E-state index contributed by atoms with van der Waals surface area (Å²) in [7, 11) is 0. The van der Waals surface area contributed by atoms with Gasteiger partial charge in [-0.25, -0.2) is 0 Å². The van der Waals surface area contributed by atoms with Crippen molar-refractivity contribution in [2.24, 2.45) is 0 Å². The smallest absolute Gasteiger partial charge is 0.319 e. The maximum Gasteiger partial charge on any atom is 0.319 e. The summed E-state index contributed by atoms with van der Waals surface area (Å²) in [6.45, 7) is 2.59. The summed E-state index contributed by atoms with van der Waals surface area (Å²) in [5, 5.41) is 8.79. The van der Waals surface area contributed by atoms with Gasteiger partial charge in [0.15, 0.2) is 0 Å². The molecule has 1 saturated heterocycles. The molecule has 2 unspecified atom stereocenters. The van der Waals surface area contributed by atoms with E-state index in [-0.39, 0.29) is 17.7 Å². The van der Waals surface area contributed by atoms with E-state index in [0.29, 0.717) is 6.54 Å². The molecule has 0 aliphatic carbocycles. The van der Waals surface area contributed by atoms with Crippen molar-refractivity contribution in [3.8, 4) is 0 Å². The van der Waals surface area contributed by atoms with Crippen LogP contribution < -0.4 is 0 Å². The number of hydrogen-bond donors (Lipinski definition) is 1. The van der Waals surface area contributed by atoms with Gasteiger partial charge in [-0.1, -0.05) is 37.3 Å². The van der Waals surface area contributed by atoms with Crippen molar-refractivity contribution in [1.82, 2.24) is 4.90 Å². The van der Waals surface area contributed by atoms with Gasteiger partial charge in [0.2, 0.25) is 5.91 Å². The summed E-state index contributed by atoms with van der Waals surface area (Å²) < 4.78 is 0. The number of aliphatic carboxylic acids is 1. The third kappa shape index (κ3) is 2.92. The first-order chi connectivity index (χ1) is 9.15. The Morgan fingerprint density at radius 1 is 1.42 bits per heavy atom. The van der Waals surface area contributed by atoms with E-state index in [0.717, 1.165) is 12.0 Å². The van der Waals surface area contributed by atoms with Crippen LogP contribution in [0.1, 0.15) is 24.9 Å². The number of carbonyl (C=O) groups excluding carboxylic acids is 1. The Labute approximate surface area is 116 Å². The Morgan fingerprint density at radius 2 is 2.11 bits per heavy atom. The normalized spacial score (nSPS) is 23.4. The van der Waals surface area contributed by atoms with E-state index in [4.69, 9.17) is 0 Å². The van der Waals surface area contributed by atoms with Crippen LogP contribution in [0.4, 0.5) is 0 Å². The van der Waals surface area contributed by atoms with Crippen LogP contribution in [0.15, 0.2) is 30.3 Å². The summed E-state index contributed by atoms with van der Waals surface area (Å²) in [6.07, 6.45) is 0.825.